The van der Waals surface area contributed by atoms with Crippen molar-refractivity contribution in [2.45, 2.75) is 38.5 Å². The topological polar surface area (TPSA) is 20.3 Å². The molecule has 0 bridgehead atoms. The van der Waals surface area contributed by atoms with E-state index in [1.807, 2.05) is 12.1 Å². The Bertz CT molecular complexity index is 447. The normalized spacial score (nSPS) is 20.4. The quantitative estimate of drug-likeness (QED) is 0.768. The van der Waals surface area contributed by atoms with Crippen molar-refractivity contribution in [3.8, 4) is 0 Å². The zero-order chi connectivity index (χ0) is 13.2. The van der Waals surface area contributed by atoms with Gasteiger partial charge in [0.15, 0.2) is 5.78 Å². The lowest BCUT2D eigenvalue weighted by Gasteiger charge is -2.19. The van der Waals surface area contributed by atoms with E-state index in [2.05, 4.69) is 24.0 Å². The van der Waals surface area contributed by atoms with Crippen molar-refractivity contribution in [3.63, 3.8) is 0 Å². The summed E-state index contributed by atoms with van der Waals surface area (Å²) in [7, 11) is 0. The average Bonchev–Trinajstić information content (AvgIpc) is 3.17. The lowest BCUT2D eigenvalue weighted by Crippen LogP contribution is -2.29. The largest absolute Gasteiger partial charge is 0.303 e. The van der Waals surface area contributed by atoms with Crippen molar-refractivity contribution in [1.29, 1.82) is 0 Å². The third kappa shape index (κ3) is 3.62. The van der Waals surface area contributed by atoms with E-state index in [1.165, 1.54) is 31.2 Å². The van der Waals surface area contributed by atoms with Gasteiger partial charge in [-0.05, 0) is 50.3 Å². The van der Waals surface area contributed by atoms with Gasteiger partial charge < -0.3 is 4.90 Å². The van der Waals surface area contributed by atoms with Crippen LogP contribution in [-0.4, -0.2) is 30.3 Å². The molecule has 0 radical (unpaired) electrons. The maximum atomic E-state index is 12.4. The van der Waals surface area contributed by atoms with Crippen molar-refractivity contribution < 1.29 is 4.79 Å². The van der Waals surface area contributed by atoms with Crippen molar-refractivity contribution >= 4 is 18.2 Å². The summed E-state index contributed by atoms with van der Waals surface area (Å²) < 4.78 is 0. The molecule has 2 aliphatic rings. The summed E-state index contributed by atoms with van der Waals surface area (Å²) in [6.45, 7) is 5.31. The highest BCUT2D eigenvalue weighted by Gasteiger charge is 2.24. The van der Waals surface area contributed by atoms with Crippen LogP contribution in [0.3, 0.4) is 0 Å². The minimum Gasteiger partial charge on any atom is -0.303 e. The molecule has 0 spiro atoms. The van der Waals surface area contributed by atoms with Gasteiger partial charge in [-0.25, -0.2) is 0 Å². The van der Waals surface area contributed by atoms with Gasteiger partial charge in [0.2, 0.25) is 0 Å². The van der Waals surface area contributed by atoms with Crippen LogP contribution in [0.25, 0.3) is 0 Å². The molecule has 1 unspecified atom stereocenters. The van der Waals surface area contributed by atoms with E-state index >= 15 is 0 Å². The Labute approximate surface area is 128 Å². The number of carbonyl (C=O) groups is 1. The summed E-state index contributed by atoms with van der Waals surface area (Å²) in [6, 6.07) is 8.34. The van der Waals surface area contributed by atoms with E-state index in [-0.39, 0.29) is 18.3 Å². The highest BCUT2D eigenvalue weighted by atomic mass is 35.5. The second kappa shape index (κ2) is 6.73. The molecule has 1 heterocycles. The fourth-order valence-corrected chi connectivity index (χ4v) is 3.06. The maximum Gasteiger partial charge on any atom is 0.166 e. The Hall–Kier alpha value is -0.860. The molecule has 1 aromatic rings. The smallest absolute Gasteiger partial charge is 0.166 e. The Balaban J connectivity index is 0.00000147. The molecule has 1 aliphatic heterocycles. The fraction of sp³-hybridized carbons (Fsp3) is 0.588. The highest BCUT2D eigenvalue weighted by Crippen LogP contribution is 2.39. The molecule has 0 N–H and O–H groups in total. The molecule has 1 aliphatic carbocycles. The summed E-state index contributed by atoms with van der Waals surface area (Å²) in [6.07, 6.45) is 5.21. The van der Waals surface area contributed by atoms with Gasteiger partial charge in [0, 0.05) is 18.0 Å². The molecule has 1 saturated carbocycles. The molecule has 0 aromatic heterocycles. The molecule has 3 heteroatoms. The number of nitrogens with zero attached hydrogens (tertiary/aromatic N) is 1. The molecule has 0 amide bonds. The van der Waals surface area contributed by atoms with Crippen LogP contribution in [0, 0.1) is 5.92 Å². The number of ketones is 1. The molecule has 20 heavy (non-hydrogen) atoms. The van der Waals surface area contributed by atoms with Crippen molar-refractivity contribution in [2.24, 2.45) is 5.92 Å². The number of halogens is 1. The van der Waals surface area contributed by atoms with E-state index in [0.29, 0.717) is 5.78 Å². The number of rotatable bonds is 5. The predicted molar refractivity (Wildman–Crippen MR) is 84.8 cm³/mol. The monoisotopic (exact) mass is 293 g/mol. The Morgan fingerprint density at radius 3 is 2.35 bits per heavy atom. The van der Waals surface area contributed by atoms with Crippen LogP contribution in [0.5, 0.6) is 0 Å². The van der Waals surface area contributed by atoms with Crippen molar-refractivity contribution in [3.05, 3.63) is 35.4 Å². The zero-order valence-corrected chi connectivity index (χ0v) is 13.0. The molecule has 3 rings (SSSR count). The predicted octanol–water partition coefficient (Wildman–Crippen LogP) is 3.90. The summed E-state index contributed by atoms with van der Waals surface area (Å²) in [5.74, 6) is 1.19. The number of benzene rings is 1. The van der Waals surface area contributed by atoms with E-state index in [1.54, 1.807) is 0 Å². The van der Waals surface area contributed by atoms with Crippen molar-refractivity contribution in [2.75, 3.05) is 19.6 Å². The van der Waals surface area contributed by atoms with E-state index < -0.39 is 0 Å². The third-order valence-electron chi connectivity index (χ3n) is 4.42. The van der Waals surface area contributed by atoms with Crippen LogP contribution in [0.15, 0.2) is 24.3 Å². The Kier molecular flexibility index (Phi) is 5.22. The SMILES string of the molecule is CC(CN1CCCC1)C(=O)c1ccc(C2CC2)cc1.Cl. The first kappa shape index (κ1) is 15.5. The van der Waals surface area contributed by atoms with Gasteiger partial charge in [0.05, 0.1) is 0 Å². The lowest BCUT2D eigenvalue weighted by molar-refractivity contribution is 0.0903. The molecule has 2 nitrogen and oxygen atoms in total. The van der Waals surface area contributed by atoms with Gasteiger partial charge >= 0.3 is 0 Å². The molecule has 1 atom stereocenters. The number of likely N-dealkylation sites (tertiary alicyclic amines) is 1. The zero-order valence-electron chi connectivity index (χ0n) is 12.2. The number of carbonyl (C=O) groups excluding carboxylic acids is 1. The summed E-state index contributed by atoms with van der Waals surface area (Å²) >= 11 is 0. The maximum absolute atomic E-state index is 12.4. The van der Waals surface area contributed by atoms with Crippen LogP contribution in [-0.2, 0) is 0 Å². The number of hydrogen-bond donors (Lipinski definition) is 0. The van der Waals surface area contributed by atoms with E-state index in [9.17, 15) is 4.79 Å². The fourth-order valence-electron chi connectivity index (χ4n) is 3.06. The van der Waals surface area contributed by atoms with Gasteiger partial charge in [0.1, 0.15) is 0 Å². The standard InChI is InChI=1S/C17H23NO.ClH/c1-13(12-18-10-2-3-11-18)17(19)16-8-6-15(7-9-16)14-4-5-14;/h6-9,13-14H,2-5,10-12H2,1H3;1H. The Morgan fingerprint density at radius 2 is 1.80 bits per heavy atom. The van der Waals surface area contributed by atoms with Gasteiger partial charge in [0.25, 0.3) is 0 Å². The minimum absolute atomic E-state index is 0. The summed E-state index contributed by atoms with van der Waals surface area (Å²) in [5, 5.41) is 0. The van der Waals surface area contributed by atoms with Crippen molar-refractivity contribution in [1.82, 2.24) is 4.90 Å². The first-order valence-electron chi connectivity index (χ1n) is 7.60. The molecular weight excluding hydrogens is 270 g/mol. The third-order valence-corrected chi connectivity index (χ3v) is 4.42. The second-order valence-electron chi connectivity index (χ2n) is 6.17. The Morgan fingerprint density at radius 1 is 1.20 bits per heavy atom. The number of Topliss-reactive ketones (excluding diaryl/α,β-unsaturated/α-hetero) is 1. The summed E-state index contributed by atoms with van der Waals surface area (Å²) in [5.41, 5.74) is 2.29. The number of hydrogen-bond acceptors (Lipinski definition) is 2. The molecule has 2 fully saturated rings. The van der Waals surface area contributed by atoms with Gasteiger partial charge in [-0.3, -0.25) is 4.79 Å². The van der Waals surface area contributed by atoms with E-state index in [4.69, 9.17) is 0 Å². The van der Waals surface area contributed by atoms with Crippen LogP contribution in [0.2, 0.25) is 0 Å². The molecule has 1 saturated heterocycles. The second-order valence-corrected chi connectivity index (χ2v) is 6.17. The molecule has 1 aromatic carbocycles. The van der Waals surface area contributed by atoms with Crippen LogP contribution < -0.4 is 0 Å². The molecular formula is C17H24ClNO. The van der Waals surface area contributed by atoms with Crippen LogP contribution >= 0.6 is 12.4 Å². The summed E-state index contributed by atoms with van der Waals surface area (Å²) in [4.78, 5) is 14.8. The average molecular weight is 294 g/mol. The first-order valence-corrected chi connectivity index (χ1v) is 7.60. The molecule has 110 valence electrons. The van der Waals surface area contributed by atoms with Crippen LogP contribution in [0.4, 0.5) is 0 Å². The highest BCUT2D eigenvalue weighted by molar-refractivity contribution is 5.97. The van der Waals surface area contributed by atoms with Crippen LogP contribution in [0.1, 0.15) is 54.4 Å². The minimum atomic E-state index is 0. The lowest BCUT2D eigenvalue weighted by atomic mass is 9.97. The van der Waals surface area contributed by atoms with Gasteiger partial charge in [-0.2, -0.15) is 0 Å². The first-order chi connectivity index (χ1) is 9.24. The van der Waals surface area contributed by atoms with Gasteiger partial charge in [-0.1, -0.05) is 31.2 Å². The van der Waals surface area contributed by atoms with Gasteiger partial charge in [-0.15, -0.1) is 12.4 Å². The van der Waals surface area contributed by atoms with E-state index in [0.717, 1.165) is 31.1 Å².